The van der Waals surface area contributed by atoms with Gasteiger partial charge in [-0.25, -0.2) is 8.42 Å². The van der Waals surface area contributed by atoms with Crippen molar-refractivity contribution in [2.75, 3.05) is 12.0 Å². The smallest absolute Gasteiger partial charge is 0.321 e. The van der Waals surface area contributed by atoms with Gasteiger partial charge in [-0.2, -0.15) is 4.72 Å². The number of carbonyl (C=O) groups is 1. The number of carboxylic acids is 1. The van der Waals surface area contributed by atoms with Crippen LogP contribution >= 0.6 is 0 Å². The maximum absolute atomic E-state index is 11.9. The van der Waals surface area contributed by atoms with Crippen LogP contribution in [0.3, 0.4) is 0 Å². The van der Waals surface area contributed by atoms with Gasteiger partial charge in [0.15, 0.2) is 0 Å². The van der Waals surface area contributed by atoms with Gasteiger partial charge in [0.25, 0.3) is 0 Å². The summed E-state index contributed by atoms with van der Waals surface area (Å²) >= 11 is 0. The summed E-state index contributed by atoms with van der Waals surface area (Å²) in [5, 5.41) is 8.97. The molecule has 1 rings (SSSR count). The molecule has 0 aliphatic heterocycles. The van der Waals surface area contributed by atoms with E-state index >= 15 is 0 Å². The number of aliphatic carboxylic acids is 1. The molecule has 0 amide bonds. The molecule has 0 radical (unpaired) electrons. The Bertz CT molecular complexity index is 556. The number of benzene rings is 1. The topological polar surface area (TPSA) is 101 Å². The molecule has 2 atom stereocenters. The van der Waals surface area contributed by atoms with E-state index in [0.29, 0.717) is 0 Å². The van der Waals surface area contributed by atoms with E-state index in [4.69, 9.17) is 5.11 Å². The van der Waals surface area contributed by atoms with E-state index in [1.165, 1.54) is 18.4 Å². The van der Waals surface area contributed by atoms with Crippen LogP contribution in [0.1, 0.15) is 6.42 Å². The third-order valence-electron chi connectivity index (χ3n) is 2.34. The fourth-order valence-corrected chi connectivity index (χ4v) is 3.18. The second kappa shape index (κ2) is 6.78. The monoisotopic (exact) mass is 305 g/mol. The first-order valence-corrected chi connectivity index (χ1v) is 8.64. The van der Waals surface area contributed by atoms with Crippen molar-refractivity contribution in [1.82, 2.24) is 4.72 Å². The van der Waals surface area contributed by atoms with Crippen LogP contribution in [0.4, 0.5) is 0 Å². The lowest BCUT2D eigenvalue weighted by atomic mass is 10.2. The number of sulfonamides is 1. The van der Waals surface area contributed by atoms with Gasteiger partial charge in [-0.05, 0) is 18.6 Å². The number of hydrogen-bond acceptors (Lipinski definition) is 4. The number of nitrogens with one attached hydrogen (secondary N) is 1. The molecule has 8 heteroatoms. The van der Waals surface area contributed by atoms with Crippen LogP contribution in [0.5, 0.6) is 0 Å². The van der Waals surface area contributed by atoms with Crippen molar-refractivity contribution in [3.05, 3.63) is 30.3 Å². The summed E-state index contributed by atoms with van der Waals surface area (Å²) in [5.41, 5.74) is 0. The number of carboxylic acid groups (broad SMARTS) is 1. The summed E-state index contributed by atoms with van der Waals surface area (Å²) in [6.07, 6.45) is 1.41. The Balaban J connectivity index is 2.84. The Morgan fingerprint density at radius 2 is 1.95 bits per heavy atom. The van der Waals surface area contributed by atoms with Gasteiger partial charge >= 0.3 is 5.97 Å². The normalized spacial score (nSPS) is 14.8. The zero-order chi connectivity index (χ0) is 14.5. The zero-order valence-electron chi connectivity index (χ0n) is 10.3. The van der Waals surface area contributed by atoms with Crippen molar-refractivity contribution in [3.8, 4) is 0 Å². The van der Waals surface area contributed by atoms with Gasteiger partial charge in [0.2, 0.25) is 10.0 Å². The van der Waals surface area contributed by atoms with Crippen LogP contribution in [-0.2, 0) is 25.6 Å². The van der Waals surface area contributed by atoms with Crippen molar-refractivity contribution in [2.24, 2.45) is 0 Å². The van der Waals surface area contributed by atoms with Crippen LogP contribution in [0.2, 0.25) is 0 Å². The molecule has 0 aliphatic rings. The quantitative estimate of drug-likeness (QED) is 0.749. The van der Waals surface area contributed by atoms with E-state index in [9.17, 15) is 17.4 Å². The molecule has 0 aliphatic carbocycles. The molecular weight excluding hydrogens is 290 g/mol. The Morgan fingerprint density at radius 3 is 2.42 bits per heavy atom. The van der Waals surface area contributed by atoms with Gasteiger partial charge in [0.1, 0.15) is 6.04 Å². The standard InChI is InChI=1S/C11H15NO5S2/c1-18(15)8-7-10(11(13)14)12-19(16,17)9-5-3-2-4-6-9/h2-6,10,12H,7-8H2,1H3,(H,13,14)/t10-,18+/m1/s1. The highest BCUT2D eigenvalue weighted by Crippen LogP contribution is 2.09. The molecule has 0 bridgehead atoms. The third kappa shape index (κ3) is 5.09. The fourth-order valence-electron chi connectivity index (χ4n) is 1.37. The van der Waals surface area contributed by atoms with E-state index in [2.05, 4.69) is 4.72 Å². The second-order valence-corrected chi connectivity index (χ2v) is 7.16. The Labute approximate surface area is 114 Å². The molecule has 0 saturated carbocycles. The molecule has 0 heterocycles. The first kappa shape index (κ1) is 15.8. The lowest BCUT2D eigenvalue weighted by Crippen LogP contribution is -2.41. The van der Waals surface area contributed by atoms with Crippen molar-refractivity contribution >= 4 is 26.8 Å². The first-order valence-electron chi connectivity index (χ1n) is 5.43. The predicted molar refractivity (Wildman–Crippen MR) is 71.7 cm³/mol. The summed E-state index contributed by atoms with van der Waals surface area (Å²) in [7, 11) is -5.06. The molecule has 1 aromatic rings. The minimum atomic E-state index is -3.88. The van der Waals surface area contributed by atoms with Gasteiger partial charge in [-0.1, -0.05) is 18.2 Å². The van der Waals surface area contributed by atoms with E-state index in [1.807, 2.05) is 0 Å². The Hall–Kier alpha value is -1.25. The Kier molecular flexibility index (Phi) is 5.64. The lowest BCUT2D eigenvalue weighted by molar-refractivity contribution is -0.139. The maximum Gasteiger partial charge on any atom is 0.321 e. The molecule has 0 unspecified atom stereocenters. The van der Waals surface area contributed by atoms with Crippen molar-refractivity contribution in [3.63, 3.8) is 0 Å². The largest absolute Gasteiger partial charge is 0.480 e. The highest BCUT2D eigenvalue weighted by atomic mass is 32.2. The molecule has 1 aromatic carbocycles. The summed E-state index contributed by atoms with van der Waals surface area (Å²) in [5.74, 6) is -1.17. The van der Waals surface area contributed by atoms with Crippen LogP contribution in [0, 0.1) is 0 Å². The van der Waals surface area contributed by atoms with E-state index in [-0.39, 0.29) is 17.1 Å². The Morgan fingerprint density at radius 1 is 1.37 bits per heavy atom. The van der Waals surface area contributed by atoms with Gasteiger partial charge in [-0.3, -0.25) is 9.00 Å². The molecule has 0 saturated heterocycles. The number of hydrogen-bond donors (Lipinski definition) is 2. The highest BCUT2D eigenvalue weighted by molar-refractivity contribution is 7.89. The molecule has 0 fully saturated rings. The van der Waals surface area contributed by atoms with Crippen LogP contribution in [-0.4, -0.2) is 41.8 Å². The highest BCUT2D eigenvalue weighted by Gasteiger charge is 2.25. The van der Waals surface area contributed by atoms with Crippen LogP contribution in [0.25, 0.3) is 0 Å². The molecule has 2 N–H and O–H groups in total. The van der Waals surface area contributed by atoms with Gasteiger partial charge < -0.3 is 5.11 Å². The summed E-state index contributed by atoms with van der Waals surface area (Å²) in [4.78, 5) is 11.0. The van der Waals surface area contributed by atoms with E-state index in [1.54, 1.807) is 18.2 Å². The van der Waals surface area contributed by atoms with Crippen molar-refractivity contribution in [1.29, 1.82) is 0 Å². The van der Waals surface area contributed by atoms with Crippen molar-refractivity contribution < 1.29 is 22.5 Å². The SMILES string of the molecule is C[S@](=O)CC[C@@H](NS(=O)(=O)c1ccccc1)C(=O)O. The van der Waals surface area contributed by atoms with Crippen LogP contribution < -0.4 is 4.72 Å². The molecule has 106 valence electrons. The minimum Gasteiger partial charge on any atom is -0.480 e. The van der Waals surface area contributed by atoms with Gasteiger partial charge in [0.05, 0.1) is 4.90 Å². The fraction of sp³-hybridized carbons (Fsp3) is 0.364. The molecule has 0 aromatic heterocycles. The van der Waals surface area contributed by atoms with Gasteiger partial charge in [0, 0.05) is 22.8 Å². The number of rotatable bonds is 7. The molecular formula is C11H15NO5S2. The lowest BCUT2D eigenvalue weighted by Gasteiger charge is -2.14. The molecule has 6 nitrogen and oxygen atoms in total. The maximum atomic E-state index is 11.9. The van der Waals surface area contributed by atoms with Crippen LogP contribution in [0.15, 0.2) is 35.2 Å². The molecule has 0 spiro atoms. The first-order chi connectivity index (χ1) is 8.83. The predicted octanol–water partition coefficient (Wildman–Crippen LogP) is 0.187. The molecule has 19 heavy (non-hydrogen) atoms. The third-order valence-corrected chi connectivity index (χ3v) is 4.64. The zero-order valence-corrected chi connectivity index (χ0v) is 11.9. The summed E-state index contributed by atoms with van der Waals surface area (Å²) in [6.45, 7) is 0. The van der Waals surface area contributed by atoms with E-state index in [0.717, 1.165) is 0 Å². The van der Waals surface area contributed by atoms with E-state index < -0.39 is 32.8 Å². The van der Waals surface area contributed by atoms with Crippen molar-refractivity contribution in [2.45, 2.75) is 17.4 Å². The second-order valence-electron chi connectivity index (χ2n) is 3.89. The van der Waals surface area contributed by atoms with Gasteiger partial charge in [-0.15, -0.1) is 0 Å². The summed E-state index contributed by atoms with van der Waals surface area (Å²) < 4.78 is 36.9. The summed E-state index contributed by atoms with van der Waals surface area (Å²) in [6, 6.07) is 6.22. The average molecular weight is 305 g/mol. The average Bonchev–Trinajstić information content (AvgIpc) is 2.35. The minimum absolute atomic E-state index is 0.00105.